The smallest absolute Gasteiger partial charge is 0.222 e. The molecule has 0 amide bonds. The third-order valence-electron chi connectivity index (χ3n) is 5.60. The van der Waals surface area contributed by atoms with Crippen molar-refractivity contribution in [2.45, 2.75) is 57.4 Å². The zero-order valence-electron chi connectivity index (χ0n) is 11.7. The van der Waals surface area contributed by atoms with Crippen LogP contribution in [0.1, 0.15) is 50.8 Å². The summed E-state index contributed by atoms with van der Waals surface area (Å²) >= 11 is 5.72. The van der Waals surface area contributed by atoms with Crippen LogP contribution >= 0.6 is 11.6 Å². The van der Waals surface area contributed by atoms with Gasteiger partial charge in [0.1, 0.15) is 0 Å². The molecule has 6 heteroatoms. The first kappa shape index (κ1) is 12.7. The highest BCUT2D eigenvalue weighted by atomic mass is 35.5. The fourth-order valence-corrected chi connectivity index (χ4v) is 5.91. The normalized spacial score (nSPS) is 42.1. The first-order valence-corrected chi connectivity index (χ1v) is 7.82. The fraction of sp³-hybridized carbons (Fsp3) is 0.857. The van der Waals surface area contributed by atoms with E-state index in [1.165, 1.54) is 6.42 Å². The largest absolute Gasteiger partial charge is 0.281 e. The second-order valence-corrected chi connectivity index (χ2v) is 7.76. The van der Waals surface area contributed by atoms with E-state index in [0.717, 1.165) is 37.9 Å². The van der Waals surface area contributed by atoms with E-state index in [0.29, 0.717) is 18.3 Å². The van der Waals surface area contributed by atoms with Gasteiger partial charge in [0.2, 0.25) is 5.24 Å². The van der Waals surface area contributed by atoms with Crippen LogP contribution in [0.4, 0.5) is 0 Å². The molecule has 0 saturated heterocycles. The van der Waals surface area contributed by atoms with Crippen molar-refractivity contribution in [3.63, 3.8) is 0 Å². The van der Waals surface area contributed by atoms with E-state index in [-0.39, 0.29) is 16.2 Å². The Morgan fingerprint density at radius 1 is 1.35 bits per heavy atom. The number of aryl methyl sites for hydroxylation is 1. The molecule has 1 aromatic rings. The van der Waals surface area contributed by atoms with E-state index in [4.69, 9.17) is 11.6 Å². The molecule has 4 fully saturated rings. The molecule has 5 rings (SSSR count). The molecular weight excluding hydrogens is 276 g/mol. The van der Waals surface area contributed by atoms with Crippen molar-refractivity contribution in [3.05, 3.63) is 5.82 Å². The number of rotatable bonds is 3. The van der Waals surface area contributed by atoms with E-state index in [1.807, 2.05) is 11.7 Å². The van der Waals surface area contributed by atoms with E-state index < -0.39 is 0 Å². The van der Waals surface area contributed by atoms with Gasteiger partial charge < -0.3 is 0 Å². The number of carbonyl (C=O) groups excluding carboxylic acids is 1. The monoisotopic (exact) mass is 294 g/mol. The summed E-state index contributed by atoms with van der Waals surface area (Å²) in [6.07, 6.45) is 7.37. The molecule has 0 radical (unpaired) electrons. The first-order chi connectivity index (χ1) is 9.49. The minimum atomic E-state index is -0.190. The van der Waals surface area contributed by atoms with E-state index in [9.17, 15) is 4.79 Å². The molecule has 20 heavy (non-hydrogen) atoms. The molecule has 0 spiro atoms. The van der Waals surface area contributed by atoms with Gasteiger partial charge in [0.05, 0.1) is 5.54 Å². The maximum Gasteiger partial charge on any atom is 0.222 e. The van der Waals surface area contributed by atoms with Crippen LogP contribution in [0.25, 0.3) is 0 Å². The number of nitrogens with zero attached hydrogens (tertiary/aromatic N) is 4. The second-order valence-electron chi connectivity index (χ2n) is 7.34. The van der Waals surface area contributed by atoms with E-state index in [1.54, 1.807) is 0 Å². The number of aromatic nitrogens is 4. The van der Waals surface area contributed by atoms with Crippen LogP contribution in [0, 0.1) is 24.2 Å². The Labute approximate surface area is 123 Å². The fourth-order valence-electron chi connectivity index (χ4n) is 5.62. The Morgan fingerprint density at radius 3 is 2.60 bits per heavy atom. The molecule has 2 atom stereocenters. The molecule has 4 bridgehead atoms. The lowest BCUT2D eigenvalue weighted by Crippen LogP contribution is -2.57. The lowest BCUT2D eigenvalue weighted by Gasteiger charge is -2.61. The molecule has 0 aromatic carbocycles. The summed E-state index contributed by atoms with van der Waals surface area (Å²) in [5, 5.41) is 12.6. The minimum absolute atomic E-state index is 0.0162. The standard InChI is InChI=1S/C14H19ClN4O/c1-9-16-18-19(17-9)14-5-10-2-11(6-14)4-13(3-10,8-14)7-12(15)20/h10-11H,2-8H2,1H3/t10-,11-,13?,14?/m0/s1. The van der Waals surface area contributed by atoms with E-state index >= 15 is 0 Å². The Balaban J connectivity index is 1.73. The maximum atomic E-state index is 11.5. The highest BCUT2D eigenvalue weighted by molar-refractivity contribution is 6.63. The van der Waals surface area contributed by atoms with Gasteiger partial charge in [0.25, 0.3) is 0 Å². The average Bonchev–Trinajstić information content (AvgIpc) is 2.72. The van der Waals surface area contributed by atoms with Crippen LogP contribution in [0.3, 0.4) is 0 Å². The van der Waals surface area contributed by atoms with Crippen molar-refractivity contribution >= 4 is 16.8 Å². The van der Waals surface area contributed by atoms with Crippen LogP contribution in [-0.4, -0.2) is 25.4 Å². The summed E-state index contributed by atoms with van der Waals surface area (Å²) in [5.41, 5.74) is 0.0716. The average molecular weight is 295 g/mol. The van der Waals surface area contributed by atoms with Crippen molar-refractivity contribution in [1.82, 2.24) is 20.2 Å². The highest BCUT2D eigenvalue weighted by Gasteiger charge is 2.59. The predicted octanol–water partition coefficient (Wildman–Crippen LogP) is 2.43. The van der Waals surface area contributed by atoms with Crippen molar-refractivity contribution in [3.8, 4) is 0 Å². The summed E-state index contributed by atoms with van der Waals surface area (Å²) < 4.78 is 0. The Kier molecular flexibility index (Phi) is 2.57. The number of hydrogen-bond donors (Lipinski definition) is 0. The van der Waals surface area contributed by atoms with Gasteiger partial charge in [0.15, 0.2) is 5.82 Å². The summed E-state index contributed by atoms with van der Waals surface area (Å²) in [4.78, 5) is 13.3. The van der Waals surface area contributed by atoms with Gasteiger partial charge >= 0.3 is 0 Å². The third-order valence-corrected chi connectivity index (χ3v) is 5.74. The van der Waals surface area contributed by atoms with Gasteiger partial charge in [-0.15, -0.1) is 10.2 Å². The number of carbonyl (C=O) groups is 1. The molecule has 108 valence electrons. The third kappa shape index (κ3) is 1.82. The summed E-state index contributed by atoms with van der Waals surface area (Å²) in [5.74, 6) is 2.11. The minimum Gasteiger partial charge on any atom is -0.281 e. The first-order valence-electron chi connectivity index (χ1n) is 7.44. The quantitative estimate of drug-likeness (QED) is 0.803. The van der Waals surface area contributed by atoms with Gasteiger partial charge in [-0.05, 0) is 79.5 Å². The van der Waals surface area contributed by atoms with Crippen molar-refractivity contribution in [2.75, 3.05) is 0 Å². The van der Waals surface area contributed by atoms with Crippen LogP contribution in [0.2, 0.25) is 0 Å². The molecule has 0 aliphatic heterocycles. The Morgan fingerprint density at radius 2 is 2.05 bits per heavy atom. The number of halogens is 1. The Hall–Kier alpha value is -0.970. The molecule has 0 unspecified atom stereocenters. The molecular formula is C14H19ClN4O. The topological polar surface area (TPSA) is 60.7 Å². The maximum absolute atomic E-state index is 11.5. The second kappa shape index (κ2) is 4.03. The summed E-state index contributed by atoms with van der Waals surface area (Å²) in [6, 6.07) is 0. The van der Waals surface area contributed by atoms with Crippen molar-refractivity contribution in [1.29, 1.82) is 0 Å². The molecule has 4 aliphatic rings. The van der Waals surface area contributed by atoms with Gasteiger partial charge in [0, 0.05) is 6.42 Å². The molecule has 5 nitrogen and oxygen atoms in total. The Bertz CT molecular complexity index is 555. The van der Waals surface area contributed by atoms with Gasteiger partial charge in [-0.25, -0.2) is 0 Å². The molecule has 4 aliphatic carbocycles. The SMILES string of the molecule is Cc1nnn(C23C[C@H]4C[C@@H](CC(CC(=O)Cl)(C4)C2)C3)n1. The van der Waals surface area contributed by atoms with Crippen molar-refractivity contribution in [2.24, 2.45) is 17.3 Å². The van der Waals surface area contributed by atoms with Gasteiger partial charge in [-0.1, -0.05) is 0 Å². The number of hydrogen-bond acceptors (Lipinski definition) is 4. The summed E-state index contributed by atoms with van der Waals surface area (Å²) in [6.45, 7) is 1.88. The zero-order chi connectivity index (χ0) is 14.0. The van der Waals surface area contributed by atoms with Crippen LogP contribution in [0.15, 0.2) is 0 Å². The lowest BCUT2D eigenvalue weighted by molar-refractivity contribution is -0.132. The van der Waals surface area contributed by atoms with E-state index in [2.05, 4.69) is 15.4 Å². The highest BCUT2D eigenvalue weighted by Crippen LogP contribution is 2.65. The zero-order valence-corrected chi connectivity index (χ0v) is 12.4. The van der Waals surface area contributed by atoms with Crippen LogP contribution < -0.4 is 0 Å². The molecule has 0 N–H and O–H groups in total. The molecule has 1 aromatic heterocycles. The summed E-state index contributed by atoms with van der Waals surface area (Å²) in [7, 11) is 0. The lowest BCUT2D eigenvalue weighted by atomic mass is 9.46. The van der Waals surface area contributed by atoms with Crippen LogP contribution in [0.5, 0.6) is 0 Å². The van der Waals surface area contributed by atoms with Crippen molar-refractivity contribution < 1.29 is 4.79 Å². The van der Waals surface area contributed by atoms with Gasteiger partial charge in [-0.2, -0.15) is 4.80 Å². The predicted molar refractivity (Wildman–Crippen MR) is 73.1 cm³/mol. The van der Waals surface area contributed by atoms with Crippen LogP contribution in [-0.2, 0) is 10.3 Å². The molecule has 4 saturated carbocycles. The number of tetrazole rings is 1. The molecule has 1 heterocycles. The van der Waals surface area contributed by atoms with Gasteiger partial charge in [-0.3, -0.25) is 4.79 Å².